The minimum atomic E-state index is -0.597. The van der Waals surface area contributed by atoms with Crippen LogP contribution in [-0.2, 0) is 4.74 Å². The van der Waals surface area contributed by atoms with Crippen molar-refractivity contribution in [2.75, 3.05) is 13.1 Å². The summed E-state index contributed by atoms with van der Waals surface area (Å²) in [5, 5.41) is 22.8. The molecule has 3 aliphatic heterocycles. The Balaban J connectivity index is 1.75. The van der Waals surface area contributed by atoms with E-state index in [0.29, 0.717) is 6.42 Å². The molecular formula is C16H22N4O2. The van der Waals surface area contributed by atoms with Gasteiger partial charge in [-0.3, -0.25) is 4.90 Å². The minimum Gasteiger partial charge on any atom is -0.489 e. The second-order valence-electron chi connectivity index (χ2n) is 7.01. The van der Waals surface area contributed by atoms with Crippen LogP contribution in [0.5, 0.6) is 0 Å². The monoisotopic (exact) mass is 302 g/mol. The van der Waals surface area contributed by atoms with Crippen LogP contribution in [0.3, 0.4) is 0 Å². The zero-order valence-corrected chi connectivity index (χ0v) is 13.1. The van der Waals surface area contributed by atoms with Gasteiger partial charge in [-0.05, 0) is 51.1 Å². The Morgan fingerprint density at radius 3 is 2.82 bits per heavy atom. The van der Waals surface area contributed by atoms with Crippen LogP contribution in [0.2, 0.25) is 0 Å². The van der Waals surface area contributed by atoms with Crippen molar-refractivity contribution in [3.63, 3.8) is 0 Å². The molecule has 3 heterocycles. The summed E-state index contributed by atoms with van der Waals surface area (Å²) in [5.41, 5.74) is 2.14. The van der Waals surface area contributed by atoms with Gasteiger partial charge in [0.1, 0.15) is 23.2 Å². The summed E-state index contributed by atoms with van der Waals surface area (Å²) in [7, 11) is 0. The van der Waals surface area contributed by atoms with Crippen LogP contribution in [0, 0.1) is 0 Å². The van der Waals surface area contributed by atoms with E-state index in [1.165, 1.54) is 19.3 Å². The molecule has 6 heteroatoms. The van der Waals surface area contributed by atoms with Crippen LogP contribution >= 0.6 is 0 Å². The van der Waals surface area contributed by atoms with Gasteiger partial charge in [-0.1, -0.05) is 6.42 Å². The predicted octanol–water partition coefficient (Wildman–Crippen LogP) is 2.37. The lowest BCUT2D eigenvalue weighted by molar-refractivity contribution is -0.117. The summed E-state index contributed by atoms with van der Waals surface area (Å²) in [6.45, 7) is 5.98. The third kappa shape index (κ3) is 2.13. The van der Waals surface area contributed by atoms with Gasteiger partial charge in [0, 0.05) is 5.57 Å². The van der Waals surface area contributed by atoms with Gasteiger partial charge >= 0.3 is 0 Å². The summed E-state index contributed by atoms with van der Waals surface area (Å²) in [6, 6.07) is -0.0242. The van der Waals surface area contributed by atoms with Gasteiger partial charge in [0.05, 0.1) is 18.2 Å². The lowest BCUT2D eigenvalue weighted by Crippen LogP contribution is -2.58. The summed E-state index contributed by atoms with van der Waals surface area (Å²) >= 11 is 0. The van der Waals surface area contributed by atoms with Gasteiger partial charge in [0.25, 0.3) is 0 Å². The van der Waals surface area contributed by atoms with E-state index in [1.807, 2.05) is 19.9 Å². The molecule has 6 nitrogen and oxygen atoms in total. The van der Waals surface area contributed by atoms with Gasteiger partial charge in [-0.25, -0.2) is 0 Å². The molecule has 0 amide bonds. The molecule has 4 rings (SSSR count). The highest BCUT2D eigenvalue weighted by molar-refractivity contribution is 6.03. The fraction of sp³-hybridized carbons (Fsp3) is 0.688. The molecule has 1 N–H and O–H groups in total. The number of rotatable bonds is 1. The standard InChI is InChI=1S/C16H22N4O2/c1-16(2)15(21)14(20-6-4-3-5-7-20)10-8-11-12(18-19-17-11)9-13(10)22-16/h8,14-15,21H,3-7,9H2,1-2H3. The average molecular weight is 302 g/mol. The second kappa shape index (κ2) is 4.99. The van der Waals surface area contributed by atoms with E-state index >= 15 is 0 Å². The molecule has 0 aromatic rings. The van der Waals surface area contributed by atoms with Crippen LogP contribution in [0.4, 0.5) is 0 Å². The van der Waals surface area contributed by atoms with Gasteiger partial charge in [-0.2, -0.15) is 0 Å². The highest BCUT2D eigenvalue weighted by atomic mass is 16.5. The van der Waals surface area contributed by atoms with Crippen LogP contribution in [0.25, 0.3) is 0 Å². The first kappa shape index (κ1) is 14.1. The molecule has 1 aliphatic carbocycles. The van der Waals surface area contributed by atoms with E-state index in [9.17, 15) is 5.11 Å². The Hall–Kier alpha value is -1.53. The smallest absolute Gasteiger partial charge is 0.131 e. The first-order chi connectivity index (χ1) is 10.6. The molecule has 0 radical (unpaired) electrons. The Morgan fingerprint density at radius 1 is 1.27 bits per heavy atom. The van der Waals surface area contributed by atoms with Crippen molar-refractivity contribution in [1.82, 2.24) is 4.90 Å². The van der Waals surface area contributed by atoms with Crippen LogP contribution in [0.1, 0.15) is 39.5 Å². The van der Waals surface area contributed by atoms with E-state index in [2.05, 4.69) is 20.3 Å². The number of hydrogen-bond donors (Lipinski definition) is 1. The van der Waals surface area contributed by atoms with Crippen molar-refractivity contribution in [2.24, 2.45) is 15.4 Å². The third-order valence-electron chi connectivity index (χ3n) is 5.06. The van der Waals surface area contributed by atoms with Crippen molar-refractivity contribution in [2.45, 2.75) is 57.3 Å². The molecule has 4 aliphatic rings. The summed E-state index contributed by atoms with van der Waals surface area (Å²) in [5.74, 6) is 0.917. The van der Waals surface area contributed by atoms with Gasteiger partial charge in [0.15, 0.2) is 0 Å². The highest BCUT2D eigenvalue weighted by Gasteiger charge is 2.47. The van der Waals surface area contributed by atoms with E-state index in [4.69, 9.17) is 4.74 Å². The molecule has 118 valence electrons. The maximum Gasteiger partial charge on any atom is 0.131 e. The number of likely N-dealkylation sites (tertiary alicyclic amines) is 1. The van der Waals surface area contributed by atoms with Crippen molar-refractivity contribution >= 4 is 5.71 Å². The lowest BCUT2D eigenvalue weighted by Gasteiger charge is -2.48. The number of aliphatic hydroxyl groups excluding tert-OH is 1. The number of piperidine rings is 1. The number of allylic oxidation sites excluding steroid dienone is 2. The molecule has 1 saturated heterocycles. The Kier molecular flexibility index (Phi) is 3.20. The first-order valence-electron chi connectivity index (χ1n) is 8.10. The van der Waals surface area contributed by atoms with Crippen molar-refractivity contribution < 1.29 is 9.84 Å². The number of ether oxygens (including phenoxy) is 1. The number of fused-ring (bicyclic) bond motifs is 1. The lowest BCUT2D eigenvalue weighted by atomic mass is 9.81. The molecule has 0 aromatic heterocycles. The predicted molar refractivity (Wildman–Crippen MR) is 82.4 cm³/mol. The van der Waals surface area contributed by atoms with Crippen LogP contribution in [0.15, 0.2) is 38.5 Å². The molecule has 0 spiro atoms. The molecule has 0 bridgehead atoms. The largest absolute Gasteiger partial charge is 0.489 e. The fourth-order valence-corrected chi connectivity index (χ4v) is 3.82. The molecule has 22 heavy (non-hydrogen) atoms. The maximum absolute atomic E-state index is 10.9. The molecule has 2 unspecified atom stereocenters. The van der Waals surface area contributed by atoms with Gasteiger partial charge in [-0.15, -0.1) is 10.2 Å². The quantitative estimate of drug-likeness (QED) is 0.808. The molecule has 2 atom stereocenters. The topological polar surface area (TPSA) is 69.8 Å². The van der Waals surface area contributed by atoms with E-state index in [-0.39, 0.29) is 6.04 Å². The second-order valence-corrected chi connectivity index (χ2v) is 7.01. The minimum absolute atomic E-state index is 0.0242. The molecule has 0 saturated carbocycles. The Labute approximate surface area is 130 Å². The van der Waals surface area contributed by atoms with Crippen molar-refractivity contribution in [3.05, 3.63) is 23.1 Å². The number of nitrogens with zero attached hydrogens (tertiary/aromatic N) is 4. The van der Waals surface area contributed by atoms with Crippen molar-refractivity contribution in [1.29, 1.82) is 0 Å². The molecule has 0 aromatic carbocycles. The fourth-order valence-electron chi connectivity index (χ4n) is 3.82. The summed E-state index contributed by atoms with van der Waals surface area (Å²) in [6.07, 6.45) is 5.72. The highest BCUT2D eigenvalue weighted by Crippen LogP contribution is 2.41. The van der Waals surface area contributed by atoms with E-state index in [0.717, 1.165) is 35.8 Å². The van der Waals surface area contributed by atoms with Crippen molar-refractivity contribution in [3.8, 4) is 0 Å². The van der Waals surface area contributed by atoms with E-state index in [1.54, 1.807) is 0 Å². The van der Waals surface area contributed by atoms with Crippen LogP contribution in [-0.4, -0.2) is 46.6 Å². The molecule has 1 fully saturated rings. The normalized spacial score (nSPS) is 33.8. The number of aliphatic hydroxyl groups is 1. The maximum atomic E-state index is 10.9. The average Bonchev–Trinajstić information content (AvgIpc) is 2.94. The SMILES string of the molecule is CC1(C)OC2=C(C=C3N=NN=C3C2)C(N2CCCCC2)C1O. The molecular weight excluding hydrogens is 280 g/mol. The first-order valence-corrected chi connectivity index (χ1v) is 8.10. The summed E-state index contributed by atoms with van der Waals surface area (Å²) in [4.78, 5) is 2.40. The zero-order chi connectivity index (χ0) is 15.3. The van der Waals surface area contributed by atoms with E-state index < -0.39 is 11.7 Å². The zero-order valence-electron chi connectivity index (χ0n) is 13.1. The summed E-state index contributed by atoms with van der Waals surface area (Å²) < 4.78 is 6.11. The van der Waals surface area contributed by atoms with Crippen LogP contribution < -0.4 is 0 Å². The van der Waals surface area contributed by atoms with Gasteiger partial charge in [0.2, 0.25) is 0 Å². The Bertz CT molecular complexity index is 612. The third-order valence-corrected chi connectivity index (χ3v) is 5.06. The van der Waals surface area contributed by atoms with Gasteiger partial charge < -0.3 is 9.84 Å². The number of hydrogen-bond acceptors (Lipinski definition) is 6. The Morgan fingerprint density at radius 2 is 2.05 bits per heavy atom.